The third-order valence-electron chi connectivity index (χ3n) is 7.35. The molecule has 0 aromatic heterocycles. The number of carbonyl (C=O) groups excluding carboxylic acids is 1. The molecular formula is C37H48O2. The van der Waals surface area contributed by atoms with E-state index in [9.17, 15) is 4.79 Å². The minimum absolute atomic E-state index is 0.0125. The molecule has 0 saturated heterocycles. The van der Waals surface area contributed by atoms with Crippen molar-refractivity contribution in [1.82, 2.24) is 0 Å². The number of aryl methyl sites for hydroxylation is 1. The van der Waals surface area contributed by atoms with Gasteiger partial charge < -0.3 is 4.74 Å². The van der Waals surface area contributed by atoms with Gasteiger partial charge in [-0.25, -0.2) is 0 Å². The fourth-order valence-electron chi connectivity index (χ4n) is 4.82. The molecule has 3 aromatic carbocycles. The predicted octanol–water partition coefficient (Wildman–Crippen LogP) is 10.9. The highest BCUT2D eigenvalue weighted by Crippen LogP contribution is 2.22. The molecule has 0 saturated carbocycles. The zero-order valence-corrected chi connectivity index (χ0v) is 24.3. The second-order valence-electron chi connectivity index (χ2n) is 10.7. The van der Waals surface area contributed by atoms with Gasteiger partial charge in [-0.3, -0.25) is 4.79 Å². The predicted molar refractivity (Wildman–Crippen MR) is 168 cm³/mol. The molecule has 2 heteroatoms. The summed E-state index contributed by atoms with van der Waals surface area (Å²) in [7, 11) is 0. The lowest BCUT2D eigenvalue weighted by Crippen LogP contribution is -1.97. The van der Waals surface area contributed by atoms with Crippen LogP contribution in [0.1, 0.15) is 112 Å². The van der Waals surface area contributed by atoms with E-state index >= 15 is 0 Å². The Bertz CT molecular complexity index is 1090. The summed E-state index contributed by atoms with van der Waals surface area (Å²) in [5.74, 6) is 0.904. The summed E-state index contributed by atoms with van der Waals surface area (Å²) in [6, 6.07) is 24.7. The average molecular weight is 525 g/mol. The number of allylic oxidation sites excluding steroid dienone is 1. The van der Waals surface area contributed by atoms with E-state index in [1.54, 1.807) is 6.08 Å². The highest BCUT2D eigenvalue weighted by Gasteiger charge is 2.04. The van der Waals surface area contributed by atoms with Gasteiger partial charge in [-0.05, 0) is 59.7 Å². The SMILES string of the molecule is CCCCCCCCCCCOc1ccc(C=CC(=O)c2ccc(-c3ccc(CCCCC)cc3)cc2)cc1. The highest BCUT2D eigenvalue weighted by atomic mass is 16.5. The summed E-state index contributed by atoms with van der Waals surface area (Å²) in [5.41, 5.74) is 5.40. The molecule has 2 nitrogen and oxygen atoms in total. The second-order valence-corrected chi connectivity index (χ2v) is 10.7. The fraction of sp³-hybridized carbons (Fsp3) is 0.432. The molecule has 0 spiro atoms. The Hall–Kier alpha value is -3.13. The van der Waals surface area contributed by atoms with Gasteiger partial charge in [-0.1, -0.05) is 145 Å². The summed E-state index contributed by atoms with van der Waals surface area (Å²) in [6.07, 6.45) is 20.3. The van der Waals surface area contributed by atoms with E-state index < -0.39 is 0 Å². The van der Waals surface area contributed by atoms with Crippen molar-refractivity contribution in [3.8, 4) is 16.9 Å². The molecule has 0 aliphatic rings. The van der Waals surface area contributed by atoms with Crippen LogP contribution in [0.4, 0.5) is 0 Å². The van der Waals surface area contributed by atoms with Gasteiger partial charge in [-0.15, -0.1) is 0 Å². The van der Waals surface area contributed by atoms with Crippen molar-refractivity contribution in [3.63, 3.8) is 0 Å². The number of hydrogen-bond donors (Lipinski definition) is 0. The van der Waals surface area contributed by atoms with Crippen molar-refractivity contribution >= 4 is 11.9 Å². The monoisotopic (exact) mass is 524 g/mol. The van der Waals surface area contributed by atoms with Crippen LogP contribution in [0.3, 0.4) is 0 Å². The number of ketones is 1. The van der Waals surface area contributed by atoms with Gasteiger partial charge in [-0.2, -0.15) is 0 Å². The maximum absolute atomic E-state index is 12.7. The molecule has 39 heavy (non-hydrogen) atoms. The van der Waals surface area contributed by atoms with Gasteiger partial charge in [0.15, 0.2) is 5.78 Å². The summed E-state index contributed by atoms with van der Waals surface area (Å²) in [4.78, 5) is 12.7. The molecule has 0 heterocycles. The molecule has 0 aliphatic heterocycles. The summed E-state index contributed by atoms with van der Waals surface area (Å²) in [5, 5.41) is 0. The molecule has 0 unspecified atom stereocenters. The molecule has 0 fully saturated rings. The van der Waals surface area contributed by atoms with Crippen LogP contribution in [0, 0.1) is 0 Å². The zero-order chi connectivity index (χ0) is 27.5. The third-order valence-corrected chi connectivity index (χ3v) is 7.35. The van der Waals surface area contributed by atoms with Crippen LogP contribution in [0.25, 0.3) is 17.2 Å². The Morgan fingerprint density at radius 3 is 1.77 bits per heavy atom. The van der Waals surface area contributed by atoms with Crippen molar-refractivity contribution in [2.75, 3.05) is 6.61 Å². The number of benzene rings is 3. The molecule has 3 rings (SSSR count). The maximum atomic E-state index is 12.7. The molecule has 0 radical (unpaired) electrons. The molecule has 0 amide bonds. The molecule has 0 bridgehead atoms. The van der Waals surface area contributed by atoms with Crippen LogP contribution in [-0.4, -0.2) is 12.4 Å². The summed E-state index contributed by atoms with van der Waals surface area (Å²) < 4.78 is 5.90. The minimum Gasteiger partial charge on any atom is -0.494 e. The Morgan fingerprint density at radius 1 is 0.615 bits per heavy atom. The van der Waals surface area contributed by atoms with Crippen LogP contribution in [0.5, 0.6) is 5.75 Å². The van der Waals surface area contributed by atoms with E-state index in [-0.39, 0.29) is 5.78 Å². The lowest BCUT2D eigenvalue weighted by molar-refractivity contribution is 0.104. The Balaban J connectivity index is 1.38. The van der Waals surface area contributed by atoms with Crippen molar-refractivity contribution in [1.29, 1.82) is 0 Å². The van der Waals surface area contributed by atoms with Crippen molar-refractivity contribution in [3.05, 3.63) is 95.6 Å². The molecule has 0 atom stereocenters. The minimum atomic E-state index is 0.0125. The smallest absolute Gasteiger partial charge is 0.185 e. The molecule has 0 N–H and O–H groups in total. The fourth-order valence-corrected chi connectivity index (χ4v) is 4.82. The number of carbonyl (C=O) groups is 1. The third kappa shape index (κ3) is 11.6. The molecule has 0 aliphatic carbocycles. The van der Waals surface area contributed by atoms with Gasteiger partial charge in [0.25, 0.3) is 0 Å². The van der Waals surface area contributed by atoms with E-state index in [0.717, 1.165) is 36.3 Å². The van der Waals surface area contributed by atoms with Gasteiger partial charge in [0.1, 0.15) is 5.75 Å². The van der Waals surface area contributed by atoms with Crippen molar-refractivity contribution in [2.45, 2.75) is 97.3 Å². The van der Waals surface area contributed by atoms with Crippen LogP contribution in [-0.2, 0) is 6.42 Å². The Morgan fingerprint density at radius 2 is 1.15 bits per heavy atom. The quantitative estimate of drug-likeness (QED) is 0.0885. The maximum Gasteiger partial charge on any atom is 0.185 e. The van der Waals surface area contributed by atoms with Gasteiger partial charge in [0.05, 0.1) is 6.61 Å². The normalized spacial score (nSPS) is 11.2. The Labute approximate surface area is 237 Å². The highest BCUT2D eigenvalue weighted by molar-refractivity contribution is 6.07. The van der Waals surface area contributed by atoms with E-state index in [2.05, 4.69) is 38.1 Å². The lowest BCUT2D eigenvalue weighted by atomic mass is 9.99. The molecular weight excluding hydrogens is 476 g/mol. The summed E-state index contributed by atoms with van der Waals surface area (Å²) in [6.45, 7) is 5.27. The largest absolute Gasteiger partial charge is 0.494 e. The van der Waals surface area contributed by atoms with Crippen LogP contribution in [0.15, 0.2) is 78.9 Å². The topological polar surface area (TPSA) is 26.3 Å². The lowest BCUT2D eigenvalue weighted by Gasteiger charge is -2.07. The summed E-state index contributed by atoms with van der Waals surface area (Å²) >= 11 is 0. The van der Waals surface area contributed by atoms with Crippen LogP contribution >= 0.6 is 0 Å². The second kappa shape index (κ2) is 18.2. The first-order valence-corrected chi connectivity index (χ1v) is 15.3. The first-order chi connectivity index (χ1) is 19.2. The van der Waals surface area contributed by atoms with E-state index in [1.807, 2.05) is 54.6 Å². The van der Waals surface area contributed by atoms with Crippen molar-refractivity contribution in [2.24, 2.45) is 0 Å². The Kier molecular flexibility index (Phi) is 14.2. The zero-order valence-electron chi connectivity index (χ0n) is 24.3. The first kappa shape index (κ1) is 30.4. The molecule has 3 aromatic rings. The van der Waals surface area contributed by atoms with Gasteiger partial charge >= 0.3 is 0 Å². The molecule has 208 valence electrons. The van der Waals surface area contributed by atoms with Gasteiger partial charge in [0.2, 0.25) is 0 Å². The van der Waals surface area contributed by atoms with Crippen LogP contribution < -0.4 is 4.74 Å². The standard InChI is InChI=1S/C37H48O2/c1-3-5-7-8-9-10-11-12-14-30-39-36-27-18-32(19-28-36)20-29-37(38)35-25-23-34(24-26-35)33-21-16-31(17-22-33)15-13-6-4-2/h16-29H,3-15,30H2,1-2H3. The first-order valence-electron chi connectivity index (χ1n) is 15.3. The van der Waals surface area contributed by atoms with E-state index in [0.29, 0.717) is 5.56 Å². The number of ether oxygens (including phenoxy) is 1. The van der Waals surface area contributed by atoms with Crippen molar-refractivity contribution < 1.29 is 9.53 Å². The van der Waals surface area contributed by atoms with E-state index in [1.165, 1.54) is 81.8 Å². The average Bonchev–Trinajstić information content (AvgIpc) is 2.98. The number of unbranched alkanes of at least 4 members (excludes halogenated alkanes) is 10. The number of rotatable bonds is 19. The van der Waals surface area contributed by atoms with Gasteiger partial charge in [0, 0.05) is 5.56 Å². The van der Waals surface area contributed by atoms with E-state index in [4.69, 9.17) is 4.74 Å². The number of hydrogen-bond acceptors (Lipinski definition) is 2. The van der Waals surface area contributed by atoms with Crippen LogP contribution in [0.2, 0.25) is 0 Å².